The maximum atomic E-state index is 12.1. The second kappa shape index (κ2) is 5.83. The summed E-state index contributed by atoms with van der Waals surface area (Å²) in [4.78, 5) is 11.1. The normalized spacial score (nSPS) is 11.0. The highest BCUT2D eigenvalue weighted by Gasteiger charge is 2.18. The van der Waals surface area contributed by atoms with Gasteiger partial charge >= 0.3 is 0 Å². The fourth-order valence-corrected chi connectivity index (χ4v) is 2.63. The molecule has 1 amide bonds. The summed E-state index contributed by atoms with van der Waals surface area (Å²) in [6, 6.07) is 5.95. The van der Waals surface area contributed by atoms with Crippen molar-refractivity contribution in [1.29, 1.82) is 0 Å². The van der Waals surface area contributed by atoms with Crippen LogP contribution in [0.5, 0.6) is 5.75 Å². The molecule has 0 atom stereocenters. The lowest BCUT2D eigenvalue weighted by Gasteiger charge is -2.12. The first-order chi connectivity index (χ1) is 9.92. The van der Waals surface area contributed by atoms with Gasteiger partial charge in [-0.1, -0.05) is 0 Å². The molecule has 0 aliphatic rings. The number of nitrogens with zero attached hydrogens (tertiary/aromatic N) is 1. The molecule has 0 bridgehead atoms. The molecule has 21 heavy (non-hydrogen) atoms. The summed E-state index contributed by atoms with van der Waals surface area (Å²) < 4.78 is 31.8. The van der Waals surface area contributed by atoms with Gasteiger partial charge in [0.2, 0.25) is 5.91 Å². The zero-order valence-electron chi connectivity index (χ0n) is 11.4. The number of aromatic amines is 1. The number of carbonyl (C=O) groups is 1. The second-order valence-electron chi connectivity index (χ2n) is 4.12. The van der Waals surface area contributed by atoms with Crippen LogP contribution >= 0.6 is 0 Å². The van der Waals surface area contributed by atoms with Crippen molar-refractivity contribution in [2.45, 2.75) is 11.9 Å². The highest BCUT2D eigenvalue weighted by Crippen LogP contribution is 2.29. The lowest BCUT2D eigenvalue weighted by molar-refractivity contribution is -0.114. The minimum Gasteiger partial charge on any atom is -0.495 e. The van der Waals surface area contributed by atoms with Crippen LogP contribution in [0.2, 0.25) is 0 Å². The molecule has 1 aromatic carbocycles. The van der Waals surface area contributed by atoms with Crippen LogP contribution < -0.4 is 14.8 Å². The molecule has 0 unspecified atom stereocenters. The van der Waals surface area contributed by atoms with Gasteiger partial charge in [-0.25, -0.2) is 0 Å². The molecule has 0 saturated carbocycles. The Morgan fingerprint density at radius 3 is 2.67 bits per heavy atom. The summed E-state index contributed by atoms with van der Waals surface area (Å²) in [5.41, 5.74) is 0.656. The van der Waals surface area contributed by atoms with Crippen LogP contribution in [0, 0.1) is 0 Å². The molecular formula is C12H14N4O4S. The Morgan fingerprint density at radius 1 is 1.33 bits per heavy atom. The van der Waals surface area contributed by atoms with Crippen molar-refractivity contribution in [3.8, 4) is 5.75 Å². The van der Waals surface area contributed by atoms with Crippen molar-refractivity contribution in [2.24, 2.45) is 0 Å². The molecule has 1 aromatic heterocycles. The van der Waals surface area contributed by atoms with Crippen molar-refractivity contribution in [3.05, 3.63) is 30.5 Å². The largest absolute Gasteiger partial charge is 0.495 e. The molecule has 0 fully saturated rings. The van der Waals surface area contributed by atoms with E-state index in [0.717, 1.165) is 0 Å². The summed E-state index contributed by atoms with van der Waals surface area (Å²) in [6.45, 7) is 1.36. The Morgan fingerprint density at radius 2 is 2.10 bits per heavy atom. The van der Waals surface area contributed by atoms with E-state index in [9.17, 15) is 13.2 Å². The quantitative estimate of drug-likeness (QED) is 0.767. The van der Waals surface area contributed by atoms with Gasteiger partial charge in [0, 0.05) is 12.6 Å². The van der Waals surface area contributed by atoms with Crippen molar-refractivity contribution in [1.82, 2.24) is 10.2 Å². The smallest absolute Gasteiger partial charge is 0.278 e. The van der Waals surface area contributed by atoms with E-state index in [0.29, 0.717) is 11.4 Å². The molecule has 2 rings (SSSR count). The molecule has 0 aliphatic heterocycles. The summed E-state index contributed by atoms with van der Waals surface area (Å²) in [5.74, 6) is 0.0646. The first-order valence-electron chi connectivity index (χ1n) is 5.90. The molecule has 1 heterocycles. The number of aromatic nitrogens is 2. The van der Waals surface area contributed by atoms with Crippen LogP contribution in [0.1, 0.15) is 6.92 Å². The topological polar surface area (TPSA) is 113 Å². The number of nitrogens with one attached hydrogen (secondary N) is 3. The fraction of sp³-hybridized carbons (Fsp3) is 0.167. The predicted octanol–water partition coefficient (Wildman–Crippen LogP) is 1.18. The molecule has 112 valence electrons. The van der Waals surface area contributed by atoms with Gasteiger partial charge in [-0.2, -0.15) is 13.5 Å². The van der Waals surface area contributed by atoms with Gasteiger partial charge in [0.1, 0.15) is 5.75 Å². The molecular weight excluding hydrogens is 296 g/mol. The van der Waals surface area contributed by atoms with E-state index in [1.54, 1.807) is 12.1 Å². The van der Waals surface area contributed by atoms with Crippen molar-refractivity contribution >= 4 is 27.3 Å². The van der Waals surface area contributed by atoms with E-state index in [-0.39, 0.29) is 16.6 Å². The number of amides is 1. The molecule has 2 aromatic rings. The van der Waals surface area contributed by atoms with Gasteiger partial charge in [-0.3, -0.25) is 14.6 Å². The van der Waals surface area contributed by atoms with Crippen LogP contribution in [-0.4, -0.2) is 31.6 Å². The summed E-state index contributed by atoms with van der Waals surface area (Å²) in [6.07, 6.45) is 1.33. The van der Waals surface area contributed by atoms with Gasteiger partial charge in [0.25, 0.3) is 10.0 Å². The predicted molar refractivity (Wildman–Crippen MR) is 76.7 cm³/mol. The fourth-order valence-electron chi connectivity index (χ4n) is 1.66. The molecule has 8 nitrogen and oxygen atoms in total. The number of H-pyrrole nitrogens is 1. The van der Waals surface area contributed by atoms with Crippen molar-refractivity contribution < 1.29 is 17.9 Å². The second-order valence-corrected chi connectivity index (χ2v) is 5.77. The minimum absolute atomic E-state index is 0.0746. The van der Waals surface area contributed by atoms with Crippen molar-refractivity contribution in [3.63, 3.8) is 0 Å². The Kier molecular flexibility index (Phi) is 4.13. The Hall–Kier alpha value is -2.55. The van der Waals surface area contributed by atoms with Crippen LogP contribution in [0.4, 0.5) is 11.4 Å². The summed E-state index contributed by atoms with van der Waals surface area (Å²) in [5, 5.41) is 8.46. The SMILES string of the molecule is COc1ccc(NC(C)=O)cc1NS(=O)(=O)c1ccn[nH]1. The minimum atomic E-state index is -3.81. The number of hydrogen-bond donors (Lipinski definition) is 3. The average molecular weight is 310 g/mol. The summed E-state index contributed by atoms with van der Waals surface area (Å²) in [7, 11) is -2.39. The Labute approximate surface area is 121 Å². The van der Waals surface area contributed by atoms with Crippen LogP contribution in [0.3, 0.4) is 0 Å². The van der Waals surface area contributed by atoms with Gasteiger partial charge in [-0.15, -0.1) is 0 Å². The van der Waals surface area contributed by atoms with Crippen molar-refractivity contribution in [2.75, 3.05) is 17.1 Å². The number of hydrogen-bond acceptors (Lipinski definition) is 5. The monoisotopic (exact) mass is 310 g/mol. The maximum Gasteiger partial charge on any atom is 0.278 e. The number of benzene rings is 1. The van der Waals surface area contributed by atoms with Gasteiger partial charge in [0.15, 0.2) is 5.03 Å². The molecule has 3 N–H and O–H groups in total. The number of rotatable bonds is 5. The highest BCUT2D eigenvalue weighted by atomic mass is 32.2. The van der Waals surface area contributed by atoms with E-state index in [1.165, 1.54) is 32.4 Å². The van der Waals surface area contributed by atoms with Crippen LogP contribution in [0.15, 0.2) is 35.5 Å². The highest BCUT2D eigenvalue weighted by molar-refractivity contribution is 7.92. The van der Waals surface area contributed by atoms with Gasteiger partial charge in [-0.05, 0) is 24.3 Å². The lowest BCUT2D eigenvalue weighted by atomic mass is 10.2. The molecule has 0 spiro atoms. The van der Waals surface area contributed by atoms with E-state index in [1.807, 2.05) is 0 Å². The van der Waals surface area contributed by atoms with Gasteiger partial charge < -0.3 is 10.1 Å². The molecule has 0 aliphatic carbocycles. The number of anilines is 2. The Bertz CT molecular complexity index is 741. The zero-order chi connectivity index (χ0) is 15.5. The molecule has 0 saturated heterocycles. The number of methoxy groups -OCH3 is 1. The van der Waals surface area contributed by atoms with Gasteiger partial charge in [0.05, 0.1) is 19.0 Å². The number of carbonyl (C=O) groups excluding carboxylic acids is 1. The first-order valence-corrected chi connectivity index (χ1v) is 7.38. The Balaban J connectivity index is 2.35. The average Bonchev–Trinajstić information content (AvgIpc) is 2.92. The van der Waals surface area contributed by atoms with E-state index in [2.05, 4.69) is 20.2 Å². The zero-order valence-corrected chi connectivity index (χ0v) is 12.2. The van der Waals surface area contributed by atoms with E-state index >= 15 is 0 Å². The third-order valence-electron chi connectivity index (χ3n) is 2.53. The first kappa shape index (κ1) is 14.9. The van der Waals surface area contributed by atoms with Crippen LogP contribution in [0.25, 0.3) is 0 Å². The number of ether oxygens (including phenoxy) is 1. The third-order valence-corrected chi connectivity index (χ3v) is 3.82. The third kappa shape index (κ3) is 3.51. The maximum absolute atomic E-state index is 12.1. The lowest BCUT2D eigenvalue weighted by Crippen LogP contribution is -2.14. The van der Waals surface area contributed by atoms with Crippen LogP contribution in [-0.2, 0) is 14.8 Å². The molecule has 0 radical (unpaired) electrons. The number of sulfonamides is 1. The van der Waals surface area contributed by atoms with E-state index < -0.39 is 10.0 Å². The standard InChI is InChI=1S/C12H14N4O4S/c1-8(17)14-9-3-4-11(20-2)10(7-9)16-21(18,19)12-5-6-13-15-12/h3-7,16H,1-2H3,(H,13,15)(H,14,17). The summed E-state index contributed by atoms with van der Waals surface area (Å²) >= 11 is 0. The molecule has 9 heteroatoms. The van der Waals surface area contributed by atoms with E-state index in [4.69, 9.17) is 4.74 Å².